The highest BCUT2D eigenvalue weighted by atomic mass is 79.9. The van der Waals surface area contributed by atoms with E-state index in [0.29, 0.717) is 16.7 Å². The molecule has 0 saturated carbocycles. The van der Waals surface area contributed by atoms with Gasteiger partial charge in [-0.3, -0.25) is 9.89 Å². The number of rotatable bonds is 3. The monoisotopic (exact) mass is 296 g/mol. The first-order valence-electron chi connectivity index (χ1n) is 4.26. The van der Waals surface area contributed by atoms with Crippen LogP contribution in [-0.4, -0.2) is 28.7 Å². The molecule has 1 aromatic heterocycles. The summed E-state index contributed by atoms with van der Waals surface area (Å²) in [5, 5.41) is 9.26. The van der Waals surface area contributed by atoms with E-state index in [-0.39, 0.29) is 24.4 Å². The van der Waals surface area contributed by atoms with Crippen molar-refractivity contribution >= 4 is 34.2 Å². The van der Waals surface area contributed by atoms with E-state index in [1.807, 2.05) is 13.8 Å². The van der Waals surface area contributed by atoms with Crippen LogP contribution >= 0.6 is 28.3 Å². The first kappa shape index (κ1) is 14.4. The first-order valence-corrected chi connectivity index (χ1v) is 5.06. The fourth-order valence-electron chi connectivity index (χ4n) is 0.903. The van der Waals surface area contributed by atoms with E-state index in [2.05, 4.69) is 31.4 Å². The zero-order valence-electron chi connectivity index (χ0n) is 8.50. The summed E-state index contributed by atoms with van der Waals surface area (Å²) >= 11 is 3.27. The van der Waals surface area contributed by atoms with Gasteiger partial charge < -0.3 is 11.1 Å². The number of hydrogen-bond donors (Lipinski definition) is 3. The van der Waals surface area contributed by atoms with Gasteiger partial charge in [0.1, 0.15) is 0 Å². The number of hydrogen-bond acceptors (Lipinski definition) is 3. The minimum Gasteiger partial charge on any atom is -0.349 e. The Kier molecular flexibility index (Phi) is 5.85. The van der Waals surface area contributed by atoms with Gasteiger partial charge >= 0.3 is 0 Å². The molecule has 1 unspecified atom stereocenters. The van der Waals surface area contributed by atoms with Crippen LogP contribution in [0.3, 0.4) is 0 Å². The average molecular weight is 298 g/mol. The third-order valence-corrected chi connectivity index (χ3v) is 2.64. The number of nitrogens with zero attached hydrogens (tertiary/aromatic N) is 1. The van der Waals surface area contributed by atoms with Gasteiger partial charge in [-0.05, 0) is 29.8 Å². The minimum absolute atomic E-state index is 0. The number of nitrogens with one attached hydrogen (secondary N) is 2. The molecule has 1 rings (SSSR count). The maximum Gasteiger partial charge on any atom is 0.273 e. The Morgan fingerprint density at radius 3 is 2.73 bits per heavy atom. The minimum atomic E-state index is -0.224. The third-order valence-electron chi connectivity index (χ3n) is 1.67. The number of halogens is 2. The molecule has 0 aromatic carbocycles. The largest absolute Gasteiger partial charge is 0.349 e. The van der Waals surface area contributed by atoms with Gasteiger partial charge in [0, 0.05) is 18.3 Å². The highest BCUT2D eigenvalue weighted by Gasteiger charge is 2.15. The highest BCUT2D eigenvalue weighted by Crippen LogP contribution is 2.17. The lowest BCUT2D eigenvalue weighted by Crippen LogP contribution is -2.35. The van der Waals surface area contributed by atoms with E-state index in [4.69, 9.17) is 5.73 Å². The second-order valence-electron chi connectivity index (χ2n) is 3.20. The molecule has 0 fully saturated rings. The molecule has 15 heavy (non-hydrogen) atoms. The maximum absolute atomic E-state index is 11.5. The molecular weight excluding hydrogens is 283 g/mol. The van der Waals surface area contributed by atoms with E-state index >= 15 is 0 Å². The molecular formula is C8H14BrClN4O. The van der Waals surface area contributed by atoms with Crippen molar-refractivity contribution in [3.63, 3.8) is 0 Å². The van der Waals surface area contributed by atoms with Crippen LogP contribution in [0, 0.1) is 6.92 Å². The van der Waals surface area contributed by atoms with Gasteiger partial charge in [-0.15, -0.1) is 12.4 Å². The Hall–Kier alpha value is -0.590. The lowest BCUT2D eigenvalue weighted by molar-refractivity contribution is 0.0946. The molecule has 1 amide bonds. The van der Waals surface area contributed by atoms with E-state index in [9.17, 15) is 4.79 Å². The van der Waals surface area contributed by atoms with Crippen LogP contribution in [0.4, 0.5) is 0 Å². The normalized spacial score (nSPS) is 11.7. The van der Waals surface area contributed by atoms with Gasteiger partial charge in [-0.2, -0.15) is 5.10 Å². The van der Waals surface area contributed by atoms with E-state index < -0.39 is 0 Å². The second kappa shape index (κ2) is 6.09. The Labute approximate surface area is 103 Å². The summed E-state index contributed by atoms with van der Waals surface area (Å²) < 4.78 is 0.694. The van der Waals surface area contributed by atoms with Gasteiger partial charge in [0.15, 0.2) is 5.69 Å². The van der Waals surface area contributed by atoms with E-state index in [1.165, 1.54) is 0 Å². The van der Waals surface area contributed by atoms with Crippen molar-refractivity contribution in [1.82, 2.24) is 15.5 Å². The van der Waals surface area contributed by atoms with Crippen molar-refractivity contribution in [2.45, 2.75) is 19.9 Å². The number of carbonyl (C=O) groups is 1. The van der Waals surface area contributed by atoms with Gasteiger partial charge in [0.2, 0.25) is 0 Å². The fourth-order valence-corrected chi connectivity index (χ4v) is 1.26. The maximum atomic E-state index is 11.5. The highest BCUT2D eigenvalue weighted by molar-refractivity contribution is 9.10. The molecule has 0 spiro atoms. The summed E-state index contributed by atoms with van der Waals surface area (Å²) in [5.41, 5.74) is 6.70. The second-order valence-corrected chi connectivity index (χ2v) is 3.99. The number of carbonyl (C=O) groups excluding carboxylic acids is 1. The third kappa shape index (κ3) is 3.81. The molecule has 4 N–H and O–H groups in total. The Balaban J connectivity index is 0.00000196. The van der Waals surface area contributed by atoms with Crippen LogP contribution in [0.2, 0.25) is 0 Å². The van der Waals surface area contributed by atoms with Crippen molar-refractivity contribution in [2.24, 2.45) is 5.73 Å². The van der Waals surface area contributed by atoms with Crippen LogP contribution in [-0.2, 0) is 0 Å². The van der Waals surface area contributed by atoms with Crippen molar-refractivity contribution < 1.29 is 4.79 Å². The summed E-state index contributed by atoms with van der Waals surface area (Å²) in [6.07, 6.45) is 0. The van der Waals surface area contributed by atoms with Crippen molar-refractivity contribution in [2.75, 3.05) is 6.54 Å². The fraction of sp³-hybridized carbons (Fsp3) is 0.500. The van der Waals surface area contributed by atoms with Gasteiger partial charge in [0.05, 0.1) is 4.47 Å². The number of aromatic amines is 1. The van der Waals surface area contributed by atoms with Gasteiger partial charge in [0.25, 0.3) is 5.91 Å². The summed E-state index contributed by atoms with van der Waals surface area (Å²) in [4.78, 5) is 11.5. The lowest BCUT2D eigenvalue weighted by atomic mass is 10.3. The van der Waals surface area contributed by atoms with Crippen LogP contribution in [0.25, 0.3) is 0 Å². The van der Waals surface area contributed by atoms with Crippen molar-refractivity contribution in [1.29, 1.82) is 0 Å². The predicted octanol–water partition coefficient (Wildman–Crippen LogP) is 0.979. The number of nitrogens with two attached hydrogens (primary N) is 1. The molecule has 0 radical (unpaired) electrons. The van der Waals surface area contributed by atoms with Gasteiger partial charge in [-0.1, -0.05) is 0 Å². The Morgan fingerprint density at radius 2 is 2.33 bits per heavy atom. The number of aromatic nitrogens is 2. The molecule has 0 bridgehead atoms. The SMILES string of the molecule is Cc1[nH]nc(C(=O)NCC(C)N)c1Br.Cl. The smallest absolute Gasteiger partial charge is 0.273 e. The Bertz CT molecular complexity index is 339. The molecule has 1 atom stereocenters. The van der Waals surface area contributed by atoms with Crippen LogP contribution in [0.5, 0.6) is 0 Å². The van der Waals surface area contributed by atoms with Gasteiger partial charge in [-0.25, -0.2) is 0 Å². The predicted molar refractivity (Wildman–Crippen MR) is 64.3 cm³/mol. The zero-order valence-corrected chi connectivity index (χ0v) is 10.9. The molecule has 0 saturated heterocycles. The molecule has 0 aliphatic carbocycles. The number of amides is 1. The zero-order chi connectivity index (χ0) is 10.7. The van der Waals surface area contributed by atoms with Crippen LogP contribution in [0.1, 0.15) is 23.1 Å². The molecule has 7 heteroatoms. The molecule has 0 aliphatic heterocycles. The van der Waals surface area contributed by atoms with Crippen molar-refractivity contribution in [3.8, 4) is 0 Å². The van der Waals surface area contributed by atoms with Crippen LogP contribution < -0.4 is 11.1 Å². The van der Waals surface area contributed by atoms with Crippen LogP contribution in [0.15, 0.2) is 4.47 Å². The molecule has 5 nitrogen and oxygen atoms in total. The lowest BCUT2D eigenvalue weighted by Gasteiger charge is -2.05. The first-order chi connectivity index (χ1) is 6.52. The number of H-pyrrole nitrogens is 1. The summed E-state index contributed by atoms with van der Waals surface area (Å²) in [7, 11) is 0. The Morgan fingerprint density at radius 1 is 1.73 bits per heavy atom. The molecule has 1 heterocycles. The van der Waals surface area contributed by atoms with Crippen molar-refractivity contribution in [3.05, 3.63) is 15.9 Å². The topological polar surface area (TPSA) is 83.8 Å². The molecule has 86 valence electrons. The quantitative estimate of drug-likeness (QED) is 0.777. The average Bonchev–Trinajstić information content (AvgIpc) is 2.44. The molecule has 0 aliphatic rings. The van der Waals surface area contributed by atoms with E-state index in [1.54, 1.807) is 0 Å². The summed E-state index contributed by atoms with van der Waals surface area (Å²) in [5.74, 6) is -0.224. The molecule has 1 aromatic rings. The van der Waals surface area contributed by atoms with E-state index in [0.717, 1.165) is 5.69 Å². The standard InChI is InChI=1S/C8H13BrN4O.ClH/c1-4(10)3-11-8(14)7-6(9)5(2)12-13-7;/h4H,3,10H2,1-2H3,(H,11,14)(H,12,13);1H. The summed E-state index contributed by atoms with van der Waals surface area (Å²) in [6.45, 7) is 4.10. The number of aryl methyl sites for hydroxylation is 1. The summed E-state index contributed by atoms with van der Waals surface area (Å²) in [6, 6.07) is -0.0576.